The van der Waals surface area contributed by atoms with Gasteiger partial charge in [-0.15, -0.1) is 0 Å². The molecule has 2 heterocycles. The van der Waals surface area contributed by atoms with Gasteiger partial charge in [0.1, 0.15) is 0 Å². The van der Waals surface area contributed by atoms with Gasteiger partial charge in [-0.3, -0.25) is 9.59 Å². The van der Waals surface area contributed by atoms with Crippen LogP contribution in [-0.2, 0) is 16.0 Å². The average molecular weight is 343 g/mol. The first kappa shape index (κ1) is 17.9. The first-order valence-corrected chi connectivity index (χ1v) is 9.52. The van der Waals surface area contributed by atoms with Crippen molar-refractivity contribution in [1.82, 2.24) is 14.7 Å². The molecule has 0 N–H and O–H groups in total. The number of piperidine rings is 1. The van der Waals surface area contributed by atoms with Crippen LogP contribution in [0.1, 0.15) is 25.3 Å². The van der Waals surface area contributed by atoms with E-state index in [1.807, 2.05) is 6.07 Å². The lowest BCUT2D eigenvalue weighted by Crippen LogP contribution is -2.54. The maximum atomic E-state index is 12.5. The number of hydrogen-bond acceptors (Lipinski definition) is 3. The zero-order chi connectivity index (χ0) is 17.6. The molecule has 5 nitrogen and oxygen atoms in total. The number of nitrogens with zero attached hydrogens (tertiary/aromatic N) is 3. The molecule has 0 atom stereocenters. The monoisotopic (exact) mass is 343 g/mol. The fourth-order valence-electron chi connectivity index (χ4n) is 3.83. The first-order chi connectivity index (χ1) is 12.2. The number of carbonyl (C=O) groups excluding carboxylic acids is 2. The van der Waals surface area contributed by atoms with Crippen LogP contribution < -0.4 is 0 Å². The van der Waals surface area contributed by atoms with Crippen molar-refractivity contribution in [3.63, 3.8) is 0 Å². The number of likely N-dealkylation sites (tertiary alicyclic amines) is 1. The van der Waals surface area contributed by atoms with E-state index in [0.29, 0.717) is 32.1 Å². The Morgan fingerprint density at radius 2 is 1.44 bits per heavy atom. The summed E-state index contributed by atoms with van der Waals surface area (Å²) >= 11 is 0. The van der Waals surface area contributed by atoms with Gasteiger partial charge < -0.3 is 14.7 Å². The molecular weight excluding hydrogens is 314 g/mol. The summed E-state index contributed by atoms with van der Waals surface area (Å²) in [6.45, 7) is 7.62. The van der Waals surface area contributed by atoms with Gasteiger partial charge >= 0.3 is 11.8 Å². The summed E-state index contributed by atoms with van der Waals surface area (Å²) < 4.78 is 0. The van der Waals surface area contributed by atoms with Gasteiger partial charge in [0.2, 0.25) is 0 Å². The highest BCUT2D eigenvalue weighted by Gasteiger charge is 2.31. The number of rotatable bonds is 3. The van der Waals surface area contributed by atoms with Gasteiger partial charge in [0.05, 0.1) is 0 Å². The summed E-state index contributed by atoms with van der Waals surface area (Å²) in [6.07, 6.45) is 3.03. The van der Waals surface area contributed by atoms with Gasteiger partial charge in [0, 0.05) is 39.3 Å². The van der Waals surface area contributed by atoms with Crippen molar-refractivity contribution in [2.75, 3.05) is 45.8 Å². The highest BCUT2D eigenvalue weighted by molar-refractivity contribution is 6.34. The van der Waals surface area contributed by atoms with E-state index in [4.69, 9.17) is 0 Å². The van der Waals surface area contributed by atoms with Crippen molar-refractivity contribution in [2.45, 2.75) is 26.2 Å². The second-order valence-corrected chi connectivity index (χ2v) is 7.15. The predicted molar refractivity (Wildman–Crippen MR) is 98.1 cm³/mol. The van der Waals surface area contributed by atoms with Crippen molar-refractivity contribution in [1.29, 1.82) is 0 Å². The third-order valence-electron chi connectivity index (χ3n) is 5.56. The molecule has 0 saturated carbocycles. The zero-order valence-electron chi connectivity index (χ0n) is 15.2. The average Bonchev–Trinajstić information content (AvgIpc) is 2.68. The van der Waals surface area contributed by atoms with Crippen LogP contribution in [0.5, 0.6) is 0 Å². The maximum absolute atomic E-state index is 12.5. The quantitative estimate of drug-likeness (QED) is 0.784. The Balaban J connectivity index is 1.46. The van der Waals surface area contributed by atoms with Gasteiger partial charge in [0.25, 0.3) is 0 Å². The second-order valence-electron chi connectivity index (χ2n) is 7.15. The molecule has 2 saturated heterocycles. The van der Waals surface area contributed by atoms with Crippen LogP contribution in [0.4, 0.5) is 0 Å². The topological polar surface area (TPSA) is 43.9 Å². The Bertz CT molecular complexity index is 574. The van der Waals surface area contributed by atoms with E-state index in [1.165, 1.54) is 5.56 Å². The van der Waals surface area contributed by atoms with Crippen LogP contribution in [0.25, 0.3) is 0 Å². The molecule has 2 fully saturated rings. The van der Waals surface area contributed by atoms with Gasteiger partial charge in [-0.05, 0) is 37.3 Å². The number of benzene rings is 1. The smallest absolute Gasteiger partial charge is 0.312 e. The molecule has 0 radical (unpaired) electrons. The Kier molecular flexibility index (Phi) is 6.08. The molecule has 2 aliphatic rings. The third kappa shape index (κ3) is 4.60. The summed E-state index contributed by atoms with van der Waals surface area (Å²) in [5.74, 6) is -0.00461. The predicted octanol–water partition coefficient (Wildman–Crippen LogP) is 1.63. The molecule has 0 aliphatic carbocycles. The molecule has 5 heteroatoms. The Morgan fingerprint density at radius 3 is 2.00 bits per heavy atom. The Hall–Kier alpha value is -1.88. The molecule has 1 aromatic rings. The van der Waals surface area contributed by atoms with Gasteiger partial charge in [-0.25, -0.2) is 0 Å². The van der Waals surface area contributed by atoms with Crippen LogP contribution in [0.15, 0.2) is 30.3 Å². The standard InChI is InChI=1S/C20H29N3O2/c1-2-21-12-14-23(15-13-21)20(25)19(24)22-10-8-18(9-11-22)16-17-6-4-3-5-7-17/h3-7,18H,2,8-16H2,1H3. The maximum Gasteiger partial charge on any atom is 0.312 e. The van der Waals surface area contributed by atoms with E-state index in [2.05, 4.69) is 36.1 Å². The third-order valence-corrected chi connectivity index (χ3v) is 5.56. The van der Waals surface area contributed by atoms with Gasteiger partial charge in [0.15, 0.2) is 0 Å². The molecular formula is C20H29N3O2. The van der Waals surface area contributed by atoms with E-state index < -0.39 is 0 Å². The molecule has 0 aromatic heterocycles. The number of piperazine rings is 1. The molecule has 3 rings (SSSR count). The number of carbonyl (C=O) groups is 2. The van der Waals surface area contributed by atoms with E-state index in [0.717, 1.165) is 38.9 Å². The highest BCUT2D eigenvalue weighted by Crippen LogP contribution is 2.22. The molecule has 2 amide bonds. The first-order valence-electron chi connectivity index (χ1n) is 9.52. The normalized spacial score (nSPS) is 19.9. The number of hydrogen-bond donors (Lipinski definition) is 0. The molecule has 2 aliphatic heterocycles. The molecule has 1 aromatic carbocycles. The Morgan fingerprint density at radius 1 is 0.880 bits per heavy atom. The summed E-state index contributed by atoms with van der Waals surface area (Å²) in [5, 5.41) is 0. The van der Waals surface area contributed by atoms with Crippen molar-refractivity contribution >= 4 is 11.8 Å². The lowest BCUT2D eigenvalue weighted by Gasteiger charge is -2.36. The lowest BCUT2D eigenvalue weighted by molar-refractivity contribution is -0.153. The van der Waals surface area contributed by atoms with Crippen molar-refractivity contribution in [2.24, 2.45) is 5.92 Å². The minimum atomic E-state index is -0.308. The van der Waals surface area contributed by atoms with Gasteiger partial charge in [-0.2, -0.15) is 0 Å². The van der Waals surface area contributed by atoms with E-state index in [1.54, 1.807) is 9.80 Å². The van der Waals surface area contributed by atoms with E-state index in [9.17, 15) is 9.59 Å². The molecule has 0 bridgehead atoms. The van der Waals surface area contributed by atoms with Gasteiger partial charge in [-0.1, -0.05) is 37.3 Å². The second kappa shape index (κ2) is 8.48. The van der Waals surface area contributed by atoms with Crippen LogP contribution in [0.3, 0.4) is 0 Å². The van der Waals surface area contributed by atoms with Crippen molar-refractivity contribution in [3.8, 4) is 0 Å². The molecule has 0 spiro atoms. The summed E-state index contributed by atoms with van der Waals surface area (Å²) in [6, 6.07) is 10.5. The summed E-state index contributed by atoms with van der Waals surface area (Å²) in [7, 11) is 0. The lowest BCUT2D eigenvalue weighted by atomic mass is 9.90. The minimum absolute atomic E-state index is 0.303. The number of amides is 2. The summed E-state index contributed by atoms with van der Waals surface area (Å²) in [5.41, 5.74) is 1.36. The van der Waals surface area contributed by atoms with Crippen molar-refractivity contribution in [3.05, 3.63) is 35.9 Å². The van der Waals surface area contributed by atoms with Crippen LogP contribution >= 0.6 is 0 Å². The fraction of sp³-hybridized carbons (Fsp3) is 0.600. The fourth-order valence-corrected chi connectivity index (χ4v) is 3.83. The van der Waals surface area contributed by atoms with E-state index in [-0.39, 0.29) is 11.8 Å². The van der Waals surface area contributed by atoms with E-state index >= 15 is 0 Å². The molecule has 0 unspecified atom stereocenters. The van der Waals surface area contributed by atoms with Crippen LogP contribution in [0, 0.1) is 5.92 Å². The zero-order valence-corrected chi connectivity index (χ0v) is 15.2. The summed E-state index contributed by atoms with van der Waals surface area (Å²) in [4.78, 5) is 30.8. The molecule has 136 valence electrons. The Labute approximate surface area is 150 Å². The molecule has 25 heavy (non-hydrogen) atoms. The SMILES string of the molecule is CCN1CCN(C(=O)C(=O)N2CCC(Cc3ccccc3)CC2)CC1. The largest absolute Gasteiger partial charge is 0.334 e. The van der Waals surface area contributed by atoms with Crippen LogP contribution in [-0.4, -0.2) is 72.3 Å². The van der Waals surface area contributed by atoms with Crippen molar-refractivity contribution < 1.29 is 9.59 Å². The minimum Gasteiger partial charge on any atom is -0.334 e. The van der Waals surface area contributed by atoms with Crippen LogP contribution in [0.2, 0.25) is 0 Å². The number of likely N-dealkylation sites (N-methyl/N-ethyl adjacent to an activating group) is 1. The highest BCUT2D eigenvalue weighted by atomic mass is 16.2.